The third-order valence-electron chi connectivity index (χ3n) is 3.69. The first-order valence-electron chi connectivity index (χ1n) is 7.38. The number of carboxylic acids is 1. The van der Waals surface area contributed by atoms with E-state index in [1.165, 1.54) is 19.3 Å². The third-order valence-corrected chi connectivity index (χ3v) is 3.69. The first-order chi connectivity index (χ1) is 9.69. The highest BCUT2D eigenvalue weighted by Gasteiger charge is 2.24. The van der Waals surface area contributed by atoms with Crippen molar-refractivity contribution in [2.24, 2.45) is 5.92 Å². The van der Waals surface area contributed by atoms with Crippen molar-refractivity contribution >= 4 is 5.97 Å². The molecule has 1 saturated carbocycles. The van der Waals surface area contributed by atoms with Gasteiger partial charge in [-0.05, 0) is 37.0 Å². The second-order valence-electron chi connectivity index (χ2n) is 5.42. The number of hydrogen-bond acceptors (Lipinski definition) is 3. The number of hydrogen-bond donors (Lipinski definition) is 2. The summed E-state index contributed by atoms with van der Waals surface area (Å²) in [5.41, 5.74) is 0.260. The fraction of sp³-hybridized carbons (Fsp3) is 0.562. The molecule has 1 aliphatic carbocycles. The van der Waals surface area contributed by atoms with Gasteiger partial charge in [0, 0.05) is 12.6 Å². The van der Waals surface area contributed by atoms with E-state index in [9.17, 15) is 4.79 Å². The summed E-state index contributed by atoms with van der Waals surface area (Å²) in [4.78, 5) is 10.9. The number of rotatable bonds is 9. The van der Waals surface area contributed by atoms with E-state index in [4.69, 9.17) is 9.84 Å². The normalized spacial score (nSPS) is 15.8. The molecule has 0 heterocycles. The van der Waals surface area contributed by atoms with Gasteiger partial charge >= 0.3 is 5.97 Å². The molecule has 1 aromatic carbocycles. The Kier molecular flexibility index (Phi) is 5.41. The molecule has 4 nitrogen and oxygen atoms in total. The Morgan fingerprint density at radius 1 is 1.50 bits per heavy atom. The number of ether oxygens (including phenoxy) is 1. The van der Waals surface area contributed by atoms with Crippen LogP contribution < -0.4 is 10.1 Å². The van der Waals surface area contributed by atoms with Gasteiger partial charge in [0.25, 0.3) is 0 Å². The van der Waals surface area contributed by atoms with Crippen LogP contribution in [0.3, 0.4) is 0 Å². The van der Waals surface area contributed by atoms with Gasteiger partial charge in [-0.25, -0.2) is 4.79 Å². The Hall–Kier alpha value is -1.55. The second-order valence-corrected chi connectivity index (χ2v) is 5.42. The molecule has 1 atom stereocenters. The molecule has 0 bridgehead atoms. The standard InChI is InChI=1S/C16H23NO3/c1-2-14(10-12-6-7-12)17-8-9-20-15-5-3-4-13(11-15)16(18)19/h3-5,11-12,14,17H,2,6-10H2,1H3,(H,18,19). The SMILES string of the molecule is CCC(CC1CC1)NCCOc1cccc(C(=O)O)c1. The highest BCUT2D eigenvalue weighted by atomic mass is 16.5. The maximum absolute atomic E-state index is 10.9. The molecule has 0 saturated heterocycles. The van der Waals surface area contributed by atoms with Crippen LogP contribution in [-0.4, -0.2) is 30.3 Å². The average Bonchev–Trinajstić information content (AvgIpc) is 3.26. The maximum Gasteiger partial charge on any atom is 0.335 e. The minimum absolute atomic E-state index is 0.260. The van der Waals surface area contributed by atoms with Crippen molar-refractivity contribution in [1.82, 2.24) is 5.32 Å². The van der Waals surface area contributed by atoms with Crippen molar-refractivity contribution in [3.8, 4) is 5.75 Å². The van der Waals surface area contributed by atoms with Crippen molar-refractivity contribution in [1.29, 1.82) is 0 Å². The summed E-state index contributed by atoms with van der Waals surface area (Å²) in [6.07, 6.45) is 5.18. The van der Waals surface area contributed by atoms with Gasteiger partial charge in [-0.3, -0.25) is 0 Å². The molecule has 1 unspecified atom stereocenters. The van der Waals surface area contributed by atoms with Crippen LogP contribution in [0.15, 0.2) is 24.3 Å². The molecule has 1 aliphatic rings. The largest absolute Gasteiger partial charge is 0.492 e. The van der Waals surface area contributed by atoms with Crippen molar-refractivity contribution < 1.29 is 14.6 Å². The lowest BCUT2D eigenvalue weighted by atomic mass is 10.1. The van der Waals surface area contributed by atoms with Crippen molar-refractivity contribution in [3.63, 3.8) is 0 Å². The molecule has 20 heavy (non-hydrogen) atoms. The average molecular weight is 277 g/mol. The Morgan fingerprint density at radius 3 is 2.95 bits per heavy atom. The lowest BCUT2D eigenvalue weighted by Gasteiger charge is -2.16. The zero-order valence-corrected chi connectivity index (χ0v) is 12.0. The highest BCUT2D eigenvalue weighted by molar-refractivity contribution is 5.87. The van der Waals surface area contributed by atoms with Crippen LogP contribution in [0, 0.1) is 5.92 Å². The van der Waals surface area contributed by atoms with E-state index in [0.29, 0.717) is 18.4 Å². The molecule has 1 fully saturated rings. The van der Waals surface area contributed by atoms with E-state index in [1.807, 2.05) is 0 Å². The quantitative estimate of drug-likeness (QED) is 0.681. The Morgan fingerprint density at radius 2 is 2.30 bits per heavy atom. The molecule has 1 aromatic rings. The summed E-state index contributed by atoms with van der Waals surface area (Å²) in [5, 5.41) is 12.4. The van der Waals surface area contributed by atoms with Crippen LogP contribution in [-0.2, 0) is 0 Å². The van der Waals surface area contributed by atoms with E-state index < -0.39 is 5.97 Å². The van der Waals surface area contributed by atoms with Gasteiger partial charge in [-0.1, -0.05) is 25.8 Å². The van der Waals surface area contributed by atoms with Crippen molar-refractivity contribution in [3.05, 3.63) is 29.8 Å². The molecule has 0 spiro atoms. The molecule has 2 rings (SSSR count). The summed E-state index contributed by atoms with van der Waals surface area (Å²) in [6, 6.07) is 7.19. The summed E-state index contributed by atoms with van der Waals surface area (Å²) in [5.74, 6) is 0.617. The summed E-state index contributed by atoms with van der Waals surface area (Å²) >= 11 is 0. The molecular formula is C16H23NO3. The Labute approximate surface area is 120 Å². The molecule has 0 aliphatic heterocycles. The minimum Gasteiger partial charge on any atom is -0.492 e. The van der Waals surface area contributed by atoms with E-state index in [2.05, 4.69) is 12.2 Å². The van der Waals surface area contributed by atoms with Crippen LogP contribution >= 0.6 is 0 Å². The molecule has 2 N–H and O–H groups in total. The molecule has 0 amide bonds. The smallest absolute Gasteiger partial charge is 0.335 e. The number of nitrogens with one attached hydrogen (secondary N) is 1. The van der Waals surface area contributed by atoms with Gasteiger partial charge in [-0.2, -0.15) is 0 Å². The number of benzene rings is 1. The van der Waals surface area contributed by atoms with E-state index in [1.54, 1.807) is 24.3 Å². The third kappa shape index (κ3) is 4.85. The molecule has 0 aromatic heterocycles. The molecule has 0 radical (unpaired) electrons. The number of aromatic carboxylic acids is 1. The summed E-state index contributed by atoms with van der Waals surface area (Å²) in [6.45, 7) is 3.56. The van der Waals surface area contributed by atoms with E-state index in [-0.39, 0.29) is 5.56 Å². The number of carbonyl (C=O) groups is 1. The van der Waals surface area contributed by atoms with E-state index >= 15 is 0 Å². The first kappa shape index (κ1) is 14.9. The summed E-state index contributed by atoms with van der Waals surface area (Å²) < 4.78 is 5.59. The highest BCUT2D eigenvalue weighted by Crippen LogP contribution is 2.33. The van der Waals surface area contributed by atoms with Crippen LogP contribution in [0.2, 0.25) is 0 Å². The molecular weight excluding hydrogens is 254 g/mol. The topological polar surface area (TPSA) is 58.6 Å². The zero-order valence-electron chi connectivity index (χ0n) is 12.0. The zero-order chi connectivity index (χ0) is 14.4. The monoisotopic (exact) mass is 277 g/mol. The van der Waals surface area contributed by atoms with Gasteiger partial charge in [0.15, 0.2) is 0 Å². The first-order valence-corrected chi connectivity index (χ1v) is 7.38. The van der Waals surface area contributed by atoms with Gasteiger partial charge in [0.05, 0.1) is 5.56 Å². The molecule has 4 heteroatoms. The van der Waals surface area contributed by atoms with E-state index in [0.717, 1.165) is 18.9 Å². The van der Waals surface area contributed by atoms with Gasteiger partial charge in [-0.15, -0.1) is 0 Å². The summed E-state index contributed by atoms with van der Waals surface area (Å²) in [7, 11) is 0. The van der Waals surface area contributed by atoms with Gasteiger partial charge < -0.3 is 15.2 Å². The Balaban J connectivity index is 1.69. The van der Waals surface area contributed by atoms with Crippen molar-refractivity contribution in [2.45, 2.75) is 38.6 Å². The minimum atomic E-state index is -0.927. The fourth-order valence-electron chi connectivity index (χ4n) is 2.30. The molecule has 110 valence electrons. The Bertz CT molecular complexity index is 443. The predicted molar refractivity (Wildman–Crippen MR) is 78.3 cm³/mol. The lowest BCUT2D eigenvalue weighted by molar-refractivity contribution is 0.0696. The number of carboxylic acid groups (broad SMARTS) is 1. The van der Waals surface area contributed by atoms with Crippen molar-refractivity contribution in [2.75, 3.05) is 13.2 Å². The van der Waals surface area contributed by atoms with Gasteiger partial charge in [0.2, 0.25) is 0 Å². The lowest BCUT2D eigenvalue weighted by Crippen LogP contribution is -2.32. The van der Waals surface area contributed by atoms with Crippen LogP contribution in [0.5, 0.6) is 5.75 Å². The van der Waals surface area contributed by atoms with Crippen LogP contribution in [0.1, 0.15) is 43.0 Å². The van der Waals surface area contributed by atoms with Crippen LogP contribution in [0.25, 0.3) is 0 Å². The fourth-order valence-corrected chi connectivity index (χ4v) is 2.30. The second kappa shape index (κ2) is 7.29. The van der Waals surface area contributed by atoms with Crippen LogP contribution in [0.4, 0.5) is 0 Å². The van der Waals surface area contributed by atoms with Gasteiger partial charge in [0.1, 0.15) is 12.4 Å². The predicted octanol–water partition coefficient (Wildman–Crippen LogP) is 2.93. The maximum atomic E-state index is 10.9.